The number of nitrogens with zero attached hydrogens (tertiary/aromatic N) is 2. The number of hydrogen-bond acceptors (Lipinski definition) is 3. The van der Waals surface area contributed by atoms with Crippen LogP contribution in [0.4, 0.5) is 0 Å². The molecule has 1 rings (SSSR count). The van der Waals surface area contributed by atoms with E-state index in [0.717, 1.165) is 5.69 Å². The second kappa shape index (κ2) is 3.66. The molecule has 0 saturated heterocycles. The van der Waals surface area contributed by atoms with Gasteiger partial charge in [0.05, 0.1) is 11.3 Å². The SMILES string of the molecule is CC(C)c1[nH]nc(Cl)c1/C(N)=N\O. The lowest BCUT2D eigenvalue weighted by molar-refractivity contribution is 0.318. The molecule has 13 heavy (non-hydrogen) atoms. The van der Waals surface area contributed by atoms with Crippen molar-refractivity contribution in [3.05, 3.63) is 16.4 Å². The van der Waals surface area contributed by atoms with Crippen LogP contribution < -0.4 is 5.73 Å². The summed E-state index contributed by atoms with van der Waals surface area (Å²) in [6, 6.07) is 0. The summed E-state index contributed by atoms with van der Waals surface area (Å²) in [5, 5.41) is 18.1. The Hall–Kier alpha value is -1.23. The molecule has 0 aliphatic heterocycles. The Balaban J connectivity index is 3.24. The molecular weight excluding hydrogens is 192 g/mol. The molecule has 0 aliphatic rings. The highest BCUT2D eigenvalue weighted by molar-refractivity contribution is 6.33. The van der Waals surface area contributed by atoms with Crippen LogP contribution in [0, 0.1) is 0 Å². The maximum Gasteiger partial charge on any atom is 0.175 e. The molecule has 0 spiro atoms. The Bertz CT molecular complexity index is 331. The number of oxime groups is 1. The Morgan fingerprint density at radius 2 is 2.31 bits per heavy atom. The first-order valence-electron chi connectivity index (χ1n) is 3.79. The molecule has 0 saturated carbocycles. The first-order valence-corrected chi connectivity index (χ1v) is 4.17. The molecule has 6 heteroatoms. The highest BCUT2D eigenvalue weighted by Gasteiger charge is 2.17. The molecule has 4 N–H and O–H groups in total. The summed E-state index contributed by atoms with van der Waals surface area (Å²) in [4.78, 5) is 0. The van der Waals surface area contributed by atoms with Crippen molar-refractivity contribution in [2.45, 2.75) is 19.8 Å². The minimum absolute atomic E-state index is 0.0255. The van der Waals surface area contributed by atoms with Crippen LogP contribution in [0.1, 0.15) is 31.0 Å². The zero-order valence-corrected chi connectivity index (χ0v) is 8.13. The van der Waals surface area contributed by atoms with Crippen LogP contribution in [-0.2, 0) is 0 Å². The number of aromatic nitrogens is 2. The van der Waals surface area contributed by atoms with Crippen LogP contribution in [0.5, 0.6) is 0 Å². The van der Waals surface area contributed by atoms with Gasteiger partial charge >= 0.3 is 0 Å². The van der Waals surface area contributed by atoms with Gasteiger partial charge in [0.1, 0.15) is 0 Å². The number of H-pyrrole nitrogens is 1. The van der Waals surface area contributed by atoms with Crippen molar-refractivity contribution in [2.75, 3.05) is 0 Å². The fraction of sp³-hybridized carbons (Fsp3) is 0.429. The van der Waals surface area contributed by atoms with Crippen LogP contribution in [0.25, 0.3) is 0 Å². The summed E-state index contributed by atoms with van der Waals surface area (Å²) in [7, 11) is 0. The van der Waals surface area contributed by atoms with Gasteiger partial charge in [0.25, 0.3) is 0 Å². The number of hydrogen-bond donors (Lipinski definition) is 3. The largest absolute Gasteiger partial charge is 0.409 e. The van der Waals surface area contributed by atoms with Gasteiger partial charge in [0.2, 0.25) is 0 Å². The molecule has 0 unspecified atom stereocenters. The average Bonchev–Trinajstić information content (AvgIpc) is 2.46. The third kappa shape index (κ3) is 1.75. The minimum Gasteiger partial charge on any atom is -0.409 e. The van der Waals surface area contributed by atoms with E-state index in [0.29, 0.717) is 5.56 Å². The van der Waals surface area contributed by atoms with Gasteiger partial charge in [-0.3, -0.25) is 5.10 Å². The fourth-order valence-electron chi connectivity index (χ4n) is 1.04. The predicted octanol–water partition coefficient (Wildman–Crippen LogP) is 1.28. The van der Waals surface area contributed by atoms with Crippen molar-refractivity contribution in [3.8, 4) is 0 Å². The smallest absolute Gasteiger partial charge is 0.175 e. The minimum atomic E-state index is -0.0255. The molecule has 0 amide bonds. The highest BCUT2D eigenvalue weighted by atomic mass is 35.5. The molecule has 0 aliphatic carbocycles. The number of nitrogens with two attached hydrogens (primary N) is 1. The molecule has 5 nitrogen and oxygen atoms in total. The van der Waals surface area contributed by atoms with Gasteiger partial charge in [0.15, 0.2) is 11.0 Å². The third-order valence-corrected chi connectivity index (χ3v) is 1.96. The third-order valence-electron chi connectivity index (χ3n) is 1.69. The molecular formula is C7H11ClN4O. The molecule has 72 valence electrons. The van der Waals surface area contributed by atoms with Crippen LogP contribution in [0.3, 0.4) is 0 Å². The van der Waals surface area contributed by atoms with E-state index in [1.54, 1.807) is 0 Å². The summed E-state index contributed by atoms with van der Waals surface area (Å²) in [6.07, 6.45) is 0. The lowest BCUT2D eigenvalue weighted by atomic mass is 10.1. The molecule has 1 aromatic rings. The van der Waals surface area contributed by atoms with E-state index >= 15 is 0 Å². The monoisotopic (exact) mass is 202 g/mol. The number of amidine groups is 1. The van der Waals surface area contributed by atoms with E-state index in [-0.39, 0.29) is 16.9 Å². The van der Waals surface area contributed by atoms with Crippen molar-refractivity contribution in [3.63, 3.8) is 0 Å². The van der Waals surface area contributed by atoms with Gasteiger partial charge in [-0.25, -0.2) is 0 Å². The lowest BCUT2D eigenvalue weighted by Crippen LogP contribution is -2.15. The first-order chi connectivity index (χ1) is 6.07. The van der Waals surface area contributed by atoms with Gasteiger partial charge in [-0.1, -0.05) is 30.6 Å². The Morgan fingerprint density at radius 3 is 2.77 bits per heavy atom. The van der Waals surface area contributed by atoms with E-state index in [1.807, 2.05) is 13.8 Å². The Kier molecular flexibility index (Phi) is 2.77. The first kappa shape index (κ1) is 9.85. The van der Waals surface area contributed by atoms with Crippen molar-refractivity contribution in [1.29, 1.82) is 0 Å². The molecule has 0 atom stereocenters. The quantitative estimate of drug-likeness (QED) is 0.292. The van der Waals surface area contributed by atoms with Crippen LogP contribution in [0.2, 0.25) is 5.15 Å². The van der Waals surface area contributed by atoms with Gasteiger partial charge in [-0.15, -0.1) is 0 Å². The molecule has 0 aromatic carbocycles. The maximum atomic E-state index is 8.50. The number of rotatable bonds is 2. The second-order valence-electron chi connectivity index (χ2n) is 2.94. The summed E-state index contributed by atoms with van der Waals surface area (Å²) in [5.74, 6) is 0.165. The number of nitrogens with one attached hydrogen (secondary N) is 1. The molecule has 0 fully saturated rings. The van der Waals surface area contributed by atoms with E-state index in [4.69, 9.17) is 22.5 Å². The normalized spacial score (nSPS) is 12.5. The zero-order valence-electron chi connectivity index (χ0n) is 7.37. The standard InChI is InChI=1S/C7H11ClN4O/c1-3(2)5-4(7(9)12-13)6(8)11-10-5/h3,13H,1-2H3,(H2,9,12)(H,10,11). The summed E-state index contributed by atoms with van der Waals surface area (Å²) >= 11 is 5.75. The molecule has 0 bridgehead atoms. The van der Waals surface area contributed by atoms with E-state index in [1.165, 1.54) is 0 Å². The van der Waals surface area contributed by atoms with Gasteiger partial charge in [-0.05, 0) is 5.92 Å². The van der Waals surface area contributed by atoms with E-state index in [9.17, 15) is 0 Å². The summed E-state index contributed by atoms with van der Waals surface area (Å²) in [6.45, 7) is 3.91. The highest BCUT2D eigenvalue weighted by Crippen LogP contribution is 2.22. The Labute approximate surface area is 80.6 Å². The summed E-state index contributed by atoms with van der Waals surface area (Å²) < 4.78 is 0. The van der Waals surface area contributed by atoms with Gasteiger partial charge in [-0.2, -0.15) is 5.10 Å². The van der Waals surface area contributed by atoms with Crippen molar-refractivity contribution in [1.82, 2.24) is 10.2 Å². The van der Waals surface area contributed by atoms with Gasteiger partial charge < -0.3 is 10.9 Å². The molecule has 1 heterocycles. The number of aromatic amines is 1. The zero-order chi connectivity index (χ0) is 10.0. The Morgan fingerprint density at radius 1 is 1.69 bits per heavy atom. The topological polar surface area (TPSA) is 87.3 Å². The van der Waals surface area contributed by atoms with Crippen LogP contribution >= 0.6 is 11.6 Å². The molecule has 0 radical (unpaired) electrons. The van der Waals surface area contributed by atoms with E-state index < -0.39 is 0 Å². The lowest BCUT2D eigenvalue weighted by Gasteiger charge is -2.04. The van der Waals surface area contributed by atoms with Crippen LogP contribution in [0.15, 0.2) is 5.16 Å². The maximum absolute atomic E-state index is 8.50. The fourth-order valence-corrected chi connectivity index (χ4v) is 1.28. The number of halogens is 1. The predicted molar refractivity (Wildman–Crippen MR) is 50.2 cm³/mol. The van der Waals surface area contributed by atoms with Crippen molar-refractivity contribution < 1.29 is 5.21 Å². The van der Waals surface area contributed by atoms with Crippen molar-refractivity contribution >= 4 is 17.4 Å². The second-order valence-corrected chi connectivity index (χ2v) is 3.30. The van der Waals surface area contributed by atoms with Gasteiger partial charge in [0, 0.05) is 0 Å². The average molecular weight is 203 g/mol. The summed E-state index contributed by atoms with van der Waals surface area (Å²) in [5.41, 5.74) is 6.67. The van der Waals surface area contributed by atoms with E-state index in [2.05, 4.69) is 15.4 Å². The van der Waals surface area contributed by atoms with Crippen LogP contribution in [-0.4, -0.2) is 21.2 Å². The van der Waals surface area contributed by atoms with Crippen molar-refractivity contribution in [2.24, 2.45) is 10.9 Å². The molecule has 1 aromatic heterocycles.